The van der Waals surface area contributed by atoms with Crippen molar-refractivity contribution in [3.8, 4) is 0 Å². The Labute approximate surface area is 163 Å². The van der Waals surface area contributed by atoms with Crippen molar-refractivity contribution in [3.05, 3.63) is 65.3 Å². The molecule has 0 N–H and O–H groups in total. The molecule has 1 aromatic heterocycles. The number of pyridine rings is 1. The van der Waals surface area contributed by atoms with E-state index in [0.717, 1.165) is 53.5 Å². The molecule has 2 aromatic carbocycles. The number of aromatic nitrogens is 1. The second kappa shape index (κ2) is 7.45. The molecule has 0 spiro atoms. The topological polar surface area (TPSA) is 45.7 Å². The maximum atomic E-state index is 12.0. The van der Waals surface area contributed by atoms with Crippen LogP contribution in [0.2, 0.25) is 5.02 Å². The molecule has 0 bridgehead atoms. The molecule has 0 unspecified atom stereocenters. The number of fused-ring (bicyclic) bond motifs is 1. The number of carbonyl (C=O) groups excluding carboxylic acids is 1. The van der Waals surface area contributed by atoms with Crippen molar-refractivity contribution in [1.82, 2.24) is 4.98 Å². The van der Waals surface area contributed by atoms with Gasteiger partial charge in [-0.05, 0) is 18.2 Å². The van der Waals surface area contributed by atoms with E-state index in [1.165, 1.54) is 7.11 Å². The van der Waals surface area contributed by atoms with E-state index in [0.29, 0.717) is 5.56 Å². The first-order chi connectivity index (χ1) is 13.2. The van der Waals surface area contributed by atoms with Gasteiger partial charge >= 0.3 is 5.97 Å². The second-order valence-corrected chi connectivity index (χ2v) is 6.92. The predicted octanol–water partition coefficient (Wildman–Crippen LogP) is 4.00. The zero-order chi connectivity index (χ0) is 18.8. The molecule has 4 rings (SSSR count). The Morgan fingerprint density at radius 3 is 2.41 bits per heavy atom. The summed E-state index contributed by atoms with van der Waals surface area (Å²) in [5.74, 6) is 0.542. The maximum absolute atomic E-state index is 12.0. The van der Waals surface area contributed by atoms with Crippen LogP contribution in [0.15, 0.2) is 54.7 Å². The number of esters is 1. The molecule has 0 aliphatic carbocycles. The Morgan fingerprint density at radius 1 is 1.00 bits per heavy atom. The number of hydrogen-bond acceptors (Lipinski definition) is 5. The van der Waals surface area contributed by atoms with E-state index in [-0.39, 0.29) is 5.97 Å². The Hall–Kier alpha value is -2.79. The van der Waals surface area contributed by atoms with Crippen molar-refractivity contribution in [1.29, 1.82) is 0 Å². The average molecular weight is 382 g/mol. The van der Waals surface area contributed by atoms with Crippen molar-refractivity contribution in [2.45, 2.75) is 0 Å². The Bertz CT molecular complexity index is 984. The van der Waals surface area contributed by atoms with E-state index >= 15 is 0 Å². The number of carbonyl (C=O) groups is 1. The lowest BCUT2D eigenvalue weighted by Gasteiger charge is -2.37. The number of rotatable bonds is 3. The highest BCUT2D eigenvalue weighted by molar-refractivity contribution is 6.30. The quantitative estimate of drug-likeness (QED) is 0.642. The summed E-state index contributed by atoms with van der Waals surface area (Å²) in [7, 11) is 1.39. The van der Waals surface area contributed by atoms with Gasteiger partial charge in [-0.1, -0.05) is 41.9 Å². The molecule has 1 aliphatic heterocycles. The fraction of sp³-hybridized carbons (Fsp3) is 0.238. The molecule has 0 amide bonds. The first-order valence-electron chi connectivity index (χ1n) is 8.89. The lowest BCUT2D eigenvalue weighted by atomic mass is 10.1. The van der Waals surface area contributed by atoms with Crippen LogP contribution in [0.3, 0.4) is 0 Å². The fourth-order valence-corrected chi connectivity index (χ4v) is 3.74. The van der Waals surface area contributed by atoms with Crippen molar-refractivity contribution >= 4 is 39.8 Å². The third-order valence-electron chi connectivity index (χ3n) is 4.93. The van der Waals surface area contributed by atoms with Crippen LogP contribution in [-0.4, -0.2) is 44.2 Å². The molecular weight excluding hydrogens is 362 g/mol. The molecule has 1 fully saturated rings. The molecule has 2 heterocycles. The summed E-state index contributed by atoms with van der Waals surface area (Å²) < 4.78 is 4.89. The fourth-order valence-electron chi connectivity index (χ4n) is 3.55. The van der Waals surface area contributed by atoms with Crippen molar-refractivity contribution in [2.24, 2.45) is 0 Å². The lowest BCUT2D eigenvalue weighted by Crippen LogP contribution is -2.46. The average Bonchev–Trinajstić information content (AvgIpc) is 2.72. The summed E-state index contributed by atoms with van der Waals surface area (Å²) in [6.07, 6.45) is 1.62. The normalized spacial score (nSPS) is 14.4. The predicted molar refractivity (Wildman–Crippen MR) is 109 cm³/mol. The summed E-state index contributed by atoms with van der Waals surface area (Å²) in [6, 6.07) is 15.8. The number of piperazine rings is 1. The second-order valence-electron chi connectivity index (χ2n) is 6.49. The highest BCUT2D eigenvalue weighted by Crippen LogP contribution is 2.29. The molecule has 27 heavy (non-hydrogen) atoms. The van der Waals surface area contributed by atoms with Crippen LogP contribution in [0.4, 0.5) is 11.5 Å². The number of ether oxygens (including phenoxy) is 1. The first-order valence-corrected chi connectivity index (χ1v) is 9.26. The Balaban J connectivity index is 1.60. The van der Waals surface area contributed by atoms with Crippen LogP contribution in [-0.2, 0) is 4.74 Å². The van der Waals surface area contributed by atoms with Crippen LogP contribution in [0.1, 0.15) is 10.4 Å². The van der Waals surface area contributed by atoms with Crippen molar-refractivity contribution < 1.29 is 9.53 Å². The summed E-state index contributed by atoms with van der Waals surface area (Å²) in [6.45, 7) is 3.46. The van der Waals surface area contributed by atoms with Gasteiger partial charge in [0.15, 0.2) is 0 Å². The monoisotopic (exact) mass is 381 g/mol. The van der Waals surface area contributed by atoms with E-state index < -0.39 is 0 Å². The zero-order valence-corrected chi connectivity index (χ0v) is 15.8. The lowest BCUT2D eigenvalue weighted by molar-refractivity contribution is 0.0602. The van der Waals surface area contributed by atoms with Gasteiger partial charge in [-0.15, -0.1) is 0 Å². The van der Waals surface area contributed by atoms with Gasteiger partial charge in [0.25, 0.3) is 0 Å². The molecule has 0 atom stereocenters. The number of benzene rings is 2. The molecule has 1 aliphatic rings. The molecular formula is C21H20ClN3O2. The van der Waals surface area contributed by atoms with Gasteiger partial charge in [-0.3, -0.25) is 0 Å². The Morgan fingerprint density at radius 2 is 1.70 bits per heavy atom. The molecule has 138 valence electrons. The van der Waals surface area contributed by atoms with Gasteiger partial charge in [-0.2, -0.15) is 0 Å². The van der Waals surface area contributed by atoms with Gasteiger partial charge < -0.3 is 14.5 Å². The zero-order valence-electron chi connectivity index (χ0n) is 15.1. The number of halogens is 1. The van der Waals surface area contributed by atoms with Gasteiger partial charge in [0.1, 0.15) is 5.82 Å². The highest BCUT2D eigenvalue weighted by atomic mass is 35.5. The van der Waals surface area contributed by atoms with Crippen molar-refractivity contribution in [2.75, 3.05) is 43.1 Å². The van der Waals surface area contributed by atoms with Gasteiger partial charge in [0, 0.05) is 53.9 Å². The number of anilines is 2. The Kier molecular flexibility index (Phi) is 4.86. The van der Waals surface area contributed by atoms with E-state index in [4.69, 9.17) is 16.3 Å². The van der Waals surface area contributed by atoms with Crippen LogP contribution < -0.4 is 9.80 Å². The molecule has 3 aromatic rings. The van der Waals surface area contributed by atoms with E-state index in [9.17, 15) is 4.79 Å². The van der Waals surface area contributed by atoms with Gasteiger partial charge in [-0.25, -0.2) is 9.78 Å². The third-order valence-corrected chi connectivity index (χ3v) is 5.17. The molecule has 5 nitrogen and oxygen atoms in total. The van der Waals surface area contributed by atoms with Crippen LogP contribution >= 0.6 is 11.6 Å². The number of methoxy groups -OCH3 is 1. The van der Waals surface area contributed by atoms with Gasteiger partial charge in [0.2, 0.25) is 0 Å². The summed E-state index contributed by atoms with van der Waals surface area (Å²) in [5.41, 5.74) is 1.63. The molecule has 0 radical (unpaired) electrons. The maximum Gasteiger partial charge on any atom is 0.340 e. The highest BCUT2D eigenvalue weighted by Gasteiger charge is 2.22. The minimum absolute atomic E-state index is 0.365. The molecule has 0 saturated carbocycles. The van der Waals surface area contributed by atoms with Crippen molar-refractivity contribution in [3.63, 3.8) is 0 Å². The minimum Gasteiger partial charge on any atom is -0.465 e. The summed E-state index contributed by atoms with van der Waals surface area (Å²) in [4.78, 5) is 21.2. The number of hydrogen-bond donors (Lipinski definition) is 0. The van der Waals surface area contributed by atoms with Crippen LogP contribution in [0.25, 0.3) is 10.8 Å². The van der Waals surface area contributed by atoms with E-state index in [2.05, 4.69) is 20.9 Å². The van der Waals surface area contributed by atoms with E-state index in [1.807, 2.05) is 42.5 Å². The molecule has 6 heteroatoms. The third kappa shape index (κ3) is 3.43. The minimum atomic E-state index is -0.365. The number of nitrogens with zero attached hydrogens (tertiary/aromatic N) is 3. The van der Waals surface area contributed by atoms with Crippen LogP contribution in [0, 0.1) is 0 Å². The first kappa shape index (κ1) is 17.6. The SMILES string of the molecule is COC(=O)c1cnc(N2CCN(c3cccc(Cl)c3)CC2)c2ccccc12. The van der Waals surface area contributed by atoms with E-state index in [1.54, 1.807) is 6.20 Å². The van der Waals surface area contributed by atoms with Gasteiger partial charge in [0.05, 0.1) is 12.7 Å². The summed E-state index contributed by atoms with van der Waals surface area (Å²) in [5, 5.41) is 2.59. The standard InChI is InChI=1S/C21H20ClN3O2/c1-27-21(26)19-14-23-20(18-8-3-2-7-17(18)19)25-11-9-24(10-12-25)16-6-4-5-15(22)13-16/h2-8,13-14H,9-12H2,1H3. The summed E-state index contributed by atoms with van der Waals surface area (Å²) >= 11 is 6.12. The largest absolute Gasteiger partial charge is 0.465 e. The smallest absolute Gasteiger partial charge is 0.340 e. The van der Waals surface area contributed by atoms with Crippen LogP contribution in [0.5, 0.6) is 0 Å². The molecule has 1 saturated heterocycles.